The first kappa shape index (κ1) is 15.0. The van der Waals surface area contributed by atoms with Crippen molar-refractivity contribution in [1.29, 1.82) is 0 Å². The minimum atomic E-state index is -0.293. The average molecular weight is 324 g/mol. The Morgan fingerprint density at radius 1 is 1.33 bits per heavy atom. The highest BCUT2D eigenvalue weighted by atomic mass is 16.5. The first-order chi connectivity index (χ1) is 11.5. The number of rotatable bonds is 2. The first-order valence-electron chi connectivity index (χ1n) is 8.31. The Labute approximate surface area is 140 Å². The maximum Gasteiger partial charge on any atom is 0.294 e. The van der Waals surface area contributed by atoms with Crippen LogP contribution in [0.2, 0.25) is 0 Å². The smallest absolute Gasteiger partial charge is 0.294 e. The molecule has 1 amide bonds. The van der Waals surface area contributed by atoms with E-state index in [9.17, 15) is 4.79 Å². The Balaban J connectivity index is 1.66. The molecule has 1 unspecified atom stereocenters. The van der Waals surface area contributed by atoms with E-state index in [4.69, 9.17) is 8.94 Å². The van der Waals surface area contributed by atoms with Gasteiger partial charge in [-0.1, -0.05) is 23.7 Å². The molecule has 124 valence electrons. The molecule has 5 nitrogen and oxygen atoms in total. The van der Waals surface area contributed by atoms with Crippen LogP contribution in [-0.2, 0) is 12.8 Å². The van der Waals surface area contributed by atoms with E-state index in [1.54, 1.807) is 0 Å². The Morgan fingerprint density at radius 3 is 3.00 bits per heavy atom. The maximum absolute atomic E-state index is 12.7. The molecule has 5 heteroatoms. The van der Waals surface area contributed by atoms with Gasteiger partial charge in [-0.3, -0.25) is 10.1 Å². The van der Waals surface area contributed by atoms with Gasteiger partial charge < -0.3 is 8.94 Å². The number of hydrogen-bond acceptors (Lipinski definition) is 4. The lowest BCUT2D eigenvalue weighted by Crippen LogP contribution is -2.16. The van der Waals surface area contributed by atoms with Crippen LogP contribution in [0.25, 0.3) is 11.0 Å². The highest BCUT2D eigenvalue weighted by Gasteiger charge is 2.26. The van der Waals surface area contributed by atoms with Gasteiger partial charge in [-0.25, -0.2) is 0 Å². The number of nitrogens with one attached hydrogen (secondary N) is 1. The van der Waals surface area contributed by atoms with Crippen LogP contribution >= 0.6 is 0 Å². The number of hydrogen-bond donors (Lipinski definition) is 1. The van der Waals surface area contributed by atoms with E-state index in [1.165, 1.54) is 0 Å². The van der Waals surface area contributed by atoms with Gasteiger partial charge in [0.1, 0.15) is 5.58 Å². The predicted molar refractivity (Wildman–Crippen MR) is 91.3 cm³/mol. The van der Waals surface area contributed by atoms with Gasteiger partial charge in [0.2, 0.25) is 5.88 Å². The van der Waals surface area contributed by atoms with Crippen LogP contribution in [0.15, 0.2) is 27.1 Å². The van der Waals surface area contributed by atoms with Gasteiger partial charge in [0.15, 0.2) is 5.76 Å². The van der Waals surface area contributed by atoms with Gasteiger partial charge in [0.05, 0.1) is 5.69 Å². The fourth-order valence-electron chi connectivity index (χ4n) is 3.39. The average Bonchev–Trinajstić information content (AvgIpc) is 3.09. The summed E-state index contributed by atoms with van der Waals surface area (Å²) in [7, 11) is 0. The minimum Gasteiger partial charge on any atom is -0.451 e. The molecule has 0 spiro atoms. The number of amides is 1. The molecule has 3 aromatic rings. The summed E-state index contributed by atoms with van der Waals surface area (Å²) in [6, 6.07) is 5.90. The lowest BCUT2D eigenvalue weighted by atomic mass is 9.89. The fourth-order valence-corrected chi connectivity index (χ4v) is 3.39. The zero-order valence-corrected chi connectivity index (χ0v) is 14.1. The maximum atomic E-state index is 12.7. The van der Waals surface area contributed by atoms with Crippen molar-refractivity contribution in [3.8, 4) is 0 Å². The molecule has 2 aromatic heterocycles. The van der Waals surface area contributed by atoms with Crippen molar-refractivity contribution < 1.29 is 13.7 Å². The van der Waals surface area contributed by atoms with Gasteiger partial charge in [-0.05, 0) is 51.2 Å². The van der Waals surface area contributed by atoms with Crippen LogP contribution in [0.4, 0.5) is 5.88 Å². The van der Waals surface area contributed by atoms with Gasteiger partial charge >= 0.3 is 0 Å². The third-order valence-electron chi connectivity index (χ3n) is 4.82. The number of carbonyl (C=O) groups is 1. The van der Waals surface area contributed by atoms with Crippen molar-refractivity contribution in [2.24, 2.45) is 5.92 Å². The summed E-state index contributed by atoms with van der Waals surface area (Å²) in [6.45, 7) is 6.12. The second-order valence-electron chi connectivity index (χ2n) is 6.79. The Morgan fingerprint density at radius 2 is 2.17 bits per heavy atom. The van der Waals surface area contributed by atoms with Gasteiger partial charge in [0.25, 0.3) is 5.91 Å². The number of nitrogens with zero attached hydrogens (tertiary/aromatic N) is 1. The SMILES string of the molecule is Cc1ccc2oc(C(=O)Nc3onc4c3CC(C)CC4)c(C)c2c1. The minimum absolute atomic E-state index is 0.293. The summed E-state index contributed by atoms with van der Waals surface area (Å²) < 4.78 is 11.1. The summed E-state index contributed by atoms with van der Waals surface area (Å²) in [5.41, 5.74) is 4.67. The number of fused-ring (bicyclic) bond motifs is 2. The van der Waals surface area contributed by atoms with Crippen LogP contribution in [0.1, 0.15) is 46.3 Å². The molecular weight excluding hydrogens is 304 g/mol. The van der Waals surface area contributed by atoms with Crippen molar-refractivity contribution in [2.75, 3.05) is 5.32 Å². The van der Waals surface area contributed by atoms with E-state index in [-0.39, 0.29) is 5.91 Å². The third kappa shape index (κ3) is 2.40. The molecule has 0 radical (unpaired) electrons. The summed E-state index contributed by atoms with van der Waals surface area (Å²) >= 11 is 0. The quantitative estimate of drug-likeness (QED) is 0.758. The Hall–Kier alpha value is -2.56. The Kier molecular flexibility index (Phi) is 3.44. The zero-order chi connectivity index (χ0) is 16.8. The fraction of sp³-hybridized carbons (Fsp3) is 0.368. The molecular formula is C19H20N2O3. The Bertz CT molecular complexity index is 936. The molecule has 0 aliphatic heterocycles. The third-order valence-corrected chi connectivity index (χ3v) is 4.82. The summed E-state index contributed by atoms with van der Waals surface area (Å²) in [5, 5.41) is 7.90. The second kappa shape index (κ2) is 5.51. The molecule has 1 aliphatic carbocycles. The molecule has 0 bridgehead atoms. The zero-order valence-electron chi connectivity index (χ0n) is 14.1. The lowest BCUT2D eigenvalue weighted by Gasteiger charge is -2.16. The molecule has 1 aromatic carbocycles. The largest absolute Gasteiger partial charge is 0.451 e. The van der Waals surface area contributed by atoms with E-state index < -0.39 is 0 Å². The normalized spacial score (nSPS) is 17.0. The highest BCUT2D eigenvalue weighted by molar-refractivity contribution is 6.06. The van der Waals surface area contributed by atoms with Gasteiger partial charge in [-0.2, -0.15) is 0 Å². The number of carbonyl (C=O) groups excluding carboxylic acids is 1. The van der Waals surface area contributed by atoms with Crippen LogP contribution in [0, 0.1) is 19.8 Å². The van der Waals surface area contributed by atoms with Crippen LogP contribution < -0.4 is 5.32 Å². The van der Waals surface area contributed by atoms with Gasteiger partial charge in [0, 0.05) is 16.5 Å². The van der Waals surface area contributed by atoms with Gasteiger partial charge in [-0.15, -0.1) is 0 Å². The van der Waals surface area contributed by atoms with E-state index >= 15 is 0 Å². The van der Waals surface area contributed by atoms with E-state index in [2.05, 4.69) is 17.4 Å². The van der Waals surface area contributed by atoms with Crippen molar-refractivity contribution in [3.05, 3.63) is 46.3 Å². The number of anilines is 1. The topological polar surface area (TPSA) is 68.3 Å². The molecule has 1 atom stereocenters. The van der Waals surface area contributed by atoms with E-state index in [0.29, 0.717) is 17.6 Å². The number of benzene rings is 1. The molecule has 0 saturated heterocycles. The highest BCUT2D eigenvalue weighted by Crippen LogP contribution is 2.32. The number of aryl methyl sites for hydroxylation is 3. The van der Waals surface area contributed by atoms with Crippen molar-refractivity contribution >= 4 is 22.8 Å². The monoisotopic (exact) mass is 324 g/mol. The molecule has 2 heterocycles. The van der Waals surface area contributed by atoms with E-state index in [1.807, 2.05) is 32.0 Å². The standard InChI is InChI=1S/C19H20N2O3/c1-10-4-6-15-14(9-10)19(24-21-15)20-18(22)17-12(3)13-8-11(2)5-7-16(13)23-17/h5,7-8,10H,4,6,9H2,1-3H3,(H,20,22). The lowest BCUT2D eigenvalue weighted by molar-refractivity contribution is 0.0994. The second-order valence-corrected chi connectivity index (χ2v) is 6.79. The predicted octanol–water partition coefficient (Wildman–Crippen LogP) is 4.41. The molecule has 0 saturated carbocycles. The first-order valence-corrected chi connectivity index (χ1v) is 8.31. The molecule has 4 rings (SSSR count). The van der Waals surface area contributed by atoms with Crippen LogP contribution in [0.5, 0.6) is 0 Å². The molecule has 24 heavy (non-hydrogen) atoms. The van der Waals surface area contributed by atoms with Crippen LogP contribution in [0.3, 0.4) is 0 Å². The summed E-state index contributed by atoms with van der Waals surface area (Å²) in [5.74, 6) is 1.06. The summed E-state index contributed by atoms with van der Waals surface area (Å²) in [4.78, 5) is 12.7. The molecule has 1 aliphatic rings. The van der Waals surface area contributed by atoms with E-state index in [0.717, 1.165) is 52.6 Å². The van der Waals surface area contributed by atoms with Crippen molar-refractivity contribution in [1.82, 2.24) is 5.16 Å². The molecule has 0 fully saturated rings. The summed E-state index contributed by atoms with van der Waals surface area (Å²) in [6.07, 6.45) is 2.89. The van der Waals surface area contributed by atoms with Crippen molar-refractivity contribution in [2.45, 2.75) is 40.0 Å². The molecule has 1 N–H and O–H groups in total. The number of furan rings is 1. The van der Waals surface area contributed by atoms with Crippen LogP contribution in [-0.4, -0.2) is 11.1 Å². The number of aromatic nitrogens is 1. The van der Waals surface area contributed by atoms with Crippen molar-refractivity contribution in [3.63, 3.8) is 0 Å².